The summed E-state index contributed by atoms with van der Waals surface area (Å²) in [6.07, 6.45) is 2.84. The maximum atomic E-state index is 3.47. The fourth-order valence-electron chi connectivity index (χ4n) is 2.56. The molecule has 1 aliphatic heterocycles. The molecule has 0 aromatic carbocycles. The van der Waals surface area contributed by atoms with Gasteiger partial charge in [-0.05, 0) is 51.9 Å². The molecule has 64 valence electrons. The highest BCUT2D eigenvalue weighted by Gasteiger charge is 2.37. The van der Waals surface area contributed by atoms with Crippen LogP contribution >= 0.6 is 0 Å². The summed E-state index contributed by atoms with van der Waals surface area (Å²) in [6.45, 7) is 2.55. The monoisotopic (exact) mass is 154 g/mol. The Kier molecular flexibility index (Phi) is 1.90. The molecule has 1 saturated carbocycles. The second-order valence-electron chi connectivity index (χ2n) is 4.27. The predicted octanol–water partition coefficient (Wildman–Crippen LogP) is 0.546. The van der Waals surface area contributed by atoms with Crippen LogP contribution in [0.1, 0.15) is 12.8 Å². The Morgan fingerprint density at radius 2 is 1.64 bits per heavy atom. The first kappa shape index (κ1) is 7.56. The van der Waals surface area contributed by atoms with E-state index in [0.29, 0.717) is 0 Å². The van der Waals surface area contributed by atoms with Crippen LogP contribution in [0.5, 0.6) is 0 Å². The lowest BCUT2D eigenvalue weighted by Gasteiger charge is -2.19. The molecule has 1 aliphatic carbocycles. The van der Waals surface area contributed by atoms with Crippen molar-refractivity contribution in [3.63, 3.8) is 0 Å². The van der Waals surface area contributed by atoms with Crippen molar-refractivity contribution in [3.05, 3.63) is 0 Å². The molecule has 2 rings (SSSR count). The summed E-state index contributed by atoms with van der Waals surface area (Å²) in [5, 5.41) is 3.47. The molecule has 1 saturated heterocycles. The first-order chi connectivity index (χ1) is 5.27. The van der Waals surface area contributed by atoms with Crippen molar-refractivity contribution in [1.29, 1.82) is 0 Å². The molecule has 0 radical (unpaired) electrons. The van der Waals surface area contributed by atoms with Crippen LogP contribution in [-0.4, -0.2) is 38.1 Å². The second-order valence-corrected chi connectivity index (χ2v) is 4.27. The highest BCUT2D eigenvalue weighted by molar-refractivity contribution is 4.93. The number of hydrogen-bond donors (Lipinski definition) is 1. The van der Waals surface area contributed by atoms with E-state index in [1.54, 1.807) is 0 Å². The zero-order valence-electron chi connectivity index (χ0n) is 7.51. The molecule has 2 unspecified atom stereocenters. The van der Waals surface area contributed by atoms with Gasteiger partial charge in [0.25, 0.3) is 0 Å². The molecular weight excluding hydrogens is 136 g/mol. The van der Waals surface area contributed by atoms with Gasteiger partial charge in [-0.2, -0.15) is 0 Å². The minimum atomic E-state index is 0.868. The molecule has 2 fully saturated rings. The van der Waals surface area contributed by atoms with Crippen LogP contribution in [0.3, 0.4) is 0 Å². The van der Waals surface area contributed by atoms with Crippen LogP contribution in [0.2, 0.25) is 0 Å². The maximum Gasteiger partial charge on any atom is 0.00956 e. The van der Waals surface area contributed by atoms with E-state index in [-0.39, 0.29) is 0 Å². The van der Waals surface area contributed by atoms with E-state index in [1.165, 1.54) is 25.9 Å². The third-order valence-corrected chi connectivity index (χ3v) is 3.36. The summed E-state index contributed by atoms with van der Waals surface area (Å²) in [5.74, 6) is 1.98. The molecule has 2 atom stereocenters. The first-order valence-corrected chi connectivity index (χ1v) is 4.64. The zero-order chi connectivity index (χ0) is 7.84. The third kappa shape index (κ3) is 1.30. The van der Waals surface area contributed by atoms with Crippen LogP contribution in [0.15, 0.2) is 0 Å². The van der Waals surface area contributed by atoms with Crippen LogP contribution in [0.4, 0.5) is 0 Å². The lowest BCUT2D eigenvalue weighted by molar-refractivity contribution is 0.285. The van der Waals surface area contributed by atoms with Gasteiger partial charge in [0.2, 0.25) is 0 Å². The van der Waals surface area contributed by atoms with E-state index >= 15 is 0 Å². The molecule has 0 amide bonds. The average Bonchev–Trinajstić information content (AvgIpc) is 2.40. The summed E-state index contributed by atoms with van der Waals surface area (Å²) >= 11 is 0. The van der Waals surface area contributed by atoms with Gasteiger partial charge in [0, 0.05) is 6.04 Å². The van der Waals surface area contributed by atoms with E-state index in [1.807, 2.05) is 0 Å². The quantitative estimate of drug-likeness (QED) is 0.593. The molecule has 2 heteroatoms. The number of fused-ring (bicyclic) bond motifs is 1. The smallest absolute Gasteiger partial charge is 0.00956 e. The number of nitrogens with zero attached hydrogens (tertiary/aromatic N) is 1. The highest BCUT2D eigenvalue weighted by Crippen LogP contribution is 2.35. The van der Waals surface area contributed by atoms with Crippen LogP contribution in [-0.2, 0) is 0 Å². The van der Waals surface area contributed by atoms with E-state index in [2.05, 4.69) is 24.3 Å². The zero-order valence-corrected chi connectivity index (χ0v) is 7.51. The van der Waals surface area contributed by atoms with Crippen LogP contribution in [0.25, 0.3) is 0 Å². The largest absolute Gasteiger partial charge is 0.316 e. The van der Waals surface area contributed by atoms with Gasteiger partial charge in [-0.3, -0.25) is 0 Å². The molecule has 1 N–H and O–H groups in total. The van der Waals surface area contributed by atoms with Crippen LogP contribution in [0, 0.1) is 11.8 Å². The third-order valence-electron chi connectivity index (χ3n) is 3.36. The van der Waals surface area contributed by atoms with E-state index in [9.17, 15) is 0 Å². The Balaban J connectivity index is 1.94. The Bertz CT molecular complexity index is 132. The molecule has 2 nitrogen and oxygen atoms in total. The standard InChI is InChI=1S/C9H18N2/c1-11(2)9-3-7-5-10-6-8(7)4-9/h7-10H,3-6H2,1-2H3. The maximum absolute atomic E-state index is 3.47. The average molecular weight is 154 g/mol. The summed E-state index contributed by atoms with van der Waals surface area (Å²) in [7, 11) is 4.41. The van der Waals surface area contributed by atoms with Gasteiger partial charge in [0.05, 0.1) is 0 Å². The Morgan fingerprint density at radius 3 is 2.09 bits per heavy atom. The summed E-state index contributed by atoms with van der Waals surface area (Å²) in [6, 6.07) is 0.868. The highest BCUT2D eigenvalue weighted by atomic mass is 15.1. The lowest BCUT2D eigenvalue weighted by atomic mass is 10.0. The summed E-state index contributed by atoms with van der Waals surface area (Å²) < 4.78 is 0. The summed E-state index contributed by atoms with van der Waals surface area (Å²) in [5.41, 5.74) is 0. The number of hydrogen-bond acceptors (Lipinski definition) is 2. The Morgan fingerprint density at radius 1 is 1.09 bits per heavy atom. The van der Waals surface area contributed by atoms with Crippen molar-refractivity contribution < 1.29 is 0 Å². The van der Waals surface area contributed by atoms with Gasteiger partial charge in [0.15, 0.2) is 0 Å². The van der Waals surface area contributed by atoms with Gasteiger partial charge >= 0.3 is 0 Å². The minimum absolute atomic E-state index is 0.868. The fourth-order valence-corrected chi connectivity index (χ4v) is 2.56. The molecule has 0 aromatic rings. The molecule has 0 spiro atoms. The minimum Gasteiger partial charge on any atom is -0.316 e. The molecule has 1 heterocycles. The van der Waals surface area contributed by atoms with Gasteiger partial charge in [-0.1, -0.05) is 0 Å². The van der Waals surface area contributed by atoms with E-state index < -0.39 is 0 Å². The van der Waals surface area contributed by atoms with Crippen LogP contribution < -0.4 is 5.32 Å². The molecular formula is C9H18N2. The summed E-state index contributed by atoms with van der Waals surface area (Å²) in [4.78, 5) is 2.39. The second kappa shape index (κ2) is 2.76. The molecule has 2 aliphatic rings. The van der Waals surface area contributed by atoms with E-state index in [4.69, 9.17) is 0 Å². The predicted molar refractivity (Wildman–Crippen MR) is 46.6 cm³/mol. The molecule has 0 aromatic heterocycles. The van der Waals surface area contributed by atoms with Gasteiger partial charge in [-0.15, -0.1) is 0 Å². The van der Waals surface area contributed by atoms with Crippen molar-refractivity contribution in [2.45, 2.75) is 18.9 Å². The molecule has 11 heavy (non-hydrogen) atoms. The van der Waals surface area contributed by atoms with Crippen molar-refractivity contribution in [2.24, 2.45) is 11.8 Å². The topological polar surface area (TPSA) is 15.3 Å². The Hall–Kier alpha value is -0.0800. The van der Waals surface area contributed by atoms with Crippen molar-refractivity contribution in [1.82, 2.24) is 10.2 Å². The van der Waals surface area contributed by atoms with Crippen molar-refractivity contribution in [2.75, 3.05) is 27.2 Å². The van der Waals surface area contributed by atoms with E-state index in [0.717, 1.165) is 17.9 Å². The first-order valence-electron chi connectivity index (χ1n) is 4.64. The normalized spacial score (nSPS) is 43.4. The van der Waals surface area contributed by atoms with Gasteiger partial charge < -0.3 is 10.2 Å². The number of rotatable bonds is 1. The van der Waals surface area contributed by atoms with Crippen molar-refractivity contribution in [3.8, 4) is 0 Å². The van der Waals surface area contributed by atoms with Gasteiger partial charge in [0.1, 0.15) is 0 Å². The Labute approximate surface area is 69.0 Å². The molecule has 0 bridgehead atoms. The lowest BCUT2D eigenvalue weighted by Crippen LogP contribution is -2.27. The SMILES string of the molecule is CN(C)C1CC2CNCC2C1. The number of nitrogens with one attached hydrogen (secondary N) is 1. The fraction of sp³-hybridized carbons (Fsp3) is 1.00. The van der Waals surface area contributed by atoms with Gasteiger partial charge in [-0.25, -0.2) is 0 Å². The van der Waals surface area contributed by atoms with Crippen molar-refractivity contribution >= 4 is 0 Å².